The van der Waals surface area contributed by atoms with E-state index >= 15 is 0 Å². The van der Waals surface area contributed by atoms with Gasteiger partial charge in [0.05, 0.1) is 16.3 Å². The van der Waals surface area contributed by atoms with Crippen molar-refractivity contribution in [3.05, 3.63) is 29.3 Å². The summed E-state index contributed by atoms with van der Waals surface area (Å²) in [5.74, 6) is 0. The van der Waals surface area contributed by atoms with Crippen molar-refractivity contribution in [2.45, 2.75) is 30.9 Å². The Kier molecular flexibility index (Phi) is 3.38. The highest BCUT2D eigenvalue weighted by Gasteiger charge is 2.35. The number of benzene rings is 1. The summed E-state index contributed by atoms with van der Waals surface area (Å²) in [6, 6.07) is 7.65. The van der Waals surface area contributed by atoms with E-state index < -0.39 is 5.60 Å². The summed E-state index contributed by atoms with van der Waals surface area (Å²) in [7, 11) is 0. The molecule has 0 heterocycles. The van der Waals surface area contributed by atoms with Crippen LogP contribution in [0.5, 0.6) is 0 Å². The van der Waals surface area contributed by atoms with Gasteiger partial charge < -0.3 is 16.2 Å². The zero-order chi connectivity index (χ0) is 11.6. The Morgan fingerprint density at radius 2 is 2.25 bits per heavy atom. The third-order valence-corrected chi connectivity index (χ3v) is 3.43. The molecule has 2 atom stereocenters. The van der Waals surface area contributed by atoms with Gasteiger partial charge in [0, 0.05) is 12.6 Å². The maximum Gasteiger partial charge on any atom is 0.0834 e. The fourth-order valence-corrected chi connectivity index (χ4v) is 2.37. The fourth-order valence-electron chi connectivity index (χ4n) is 2.17. The number of para-hydroxylation sites is 1. The van der Waals surface area contributed by atoms with E-state index in [4.69, 9.17) is 17.3 Å². The Bertz CT molecular complexity index is 372. The molecule has 1 aromatic carbocycles. The first-order chi connectivity index (χ1) is 7.59. The Morgan fingerprint density at radius 1 is 1.50 bits per heavy atom. The lowest BCUT2D eigenvalue weighted by atomic mass is 10.0. The van der Waals surface area contributed by atoms with Crippen molar-refractivity contribution in [1.82, 2.24) is 0 Å². The Balaban J connectivity index is 1.95. The number of nitrogens with one attached hydrogen (secondary N) is 1. The topological polar surface area (TPSA) is 58.3 Å². The molecule has 0 aliphatic heterocycles. The Hall–Kier alpha value is -0.770. The molecule has 0 spiro atoms. The normalized spacial score (nSPS) is 29.3. The van der Waals surface area contributed by atoms with Crippen LogP contribution in [0.4, 0.5) is 5.69 Å². The molecule has 0 saturated heterocycles. The van der Waals surface area contributed by atoms with Crippen LogP contribution >= 0.6 is 11.6 Å². The zero-order valence-electron chi connectivity index (χ0n) is 9.12. The zero-order valence-corrected chi connectivity index (χ0v) is 9.87. The van der Waals surface area contributed by atoms with E-state index in [2.05, 4.69) is 5.32 Å². The van der Waals surface area contributed by atoms with Crippen LogP contribution in [0.2, 0.25) is 5.02 Å². The highest BCUT2D eigenvalue weighted by atomic mass is 35.5. The molecular formula is C12H17ClN2O. The van der Waals surface area contributed by atoms with E-state index in [1.54, 1.807) is 0 Å². The summed E-state index contributed by atoms with van der Waals surface area (Å²) in [6.45, 7) is 0.504. The van der Waals surface area contributed by atoms with Crippen molar-refractivity contribution in [3.8, 4) is 0 Å². The second kappa shape index (κ2) is 4.62. The molecule has 88 valence electrons. The van der Waals surface area contributed by atoms with Gasteiger partial charge in [0.1, 0.15) is 0 Å². The molecule has 4 heteroatoms. The average molecular weight is 241 g/mol. The molecule has 4 N–H and O–H groups in total. The smallest absolute Gasteiger partial charge is 0.0834 e. The summed E-state index contributed by atoms with van der Waals surface area (Å²) in [6.07, 6.45) is 2.30. The van der Waals surface area contributed by atoms with Crippen LogP contribution in [0.25, 0.3) is 0 Å². The molecular weight excluding hydrogens is 224 g/mol. The van der Waals surface area contributed by atoms with Gasteiger partial charge in [0.2, 0.25) is 0 Å². The van der Waals surface area contributed by atoms with Crippen LogP contribution in [0.15, 0.2) is 24.3 Å². The monoisotopic (exact) mass is 240 g/mol. The lowest BCUT2D eigenvalue weighted by Gasteiger charge is -2.23. The van der Waals surface area contributed by atoms with E-state index in [1.807, 2.05) is 24.3 Å². The SMILES string of the molecule is NC1CCC(O)(CNc2ccccc2Cl)C1. The largest absolute Gasteiger partial charge is 0.388 e. The Morgan fingerprint density at radius 3 is 2.88 bits per heavy atom. The molecule has 0 radical (unpaired) electrons. The van der Waals surface area contributed by atoms with E-state index in [-0.39, 0.29) is 6.04 Å². The summed E-state index contributed by atoms with van der Waals surface area (Å²) < 4.78 is 0. The lowest BCUT2D eigenvalue weighted by molar-refractivity contribution is 0.0601. The first-order valence-corrected chi connectivity index (χ1v) is 5.93. The number of halogens is 1. The standard InChI is InChI=1S/C12H17ClN2O/c13-10-3-1-2-4-11(10)15-8-12(16)6-5-9(14)7-12/h1-4,9,15-16H,5-8,14H2. The molecule has 16 heavy (non-hydrogen) atoms. The lowest BCUT2D eigenvalue weighted by Crippen LogP contribution is -2.35. The van der Waals surface area contributed by atoms with Crippen molar-refractivity contribution in [3.63, 3.8) is 0 Å². The maximum absolute atomic E-state index is 10.2. The quantitative estimate of drug-likeness (QED) is 0.758. The van der Waals surface area contributed by atoms with E-state index in [0.29, 0.717) is 18.0 Å². The van der Waals surface area contributed by atoms with Gasteiger partial charge in [-0.2, -0.15) is 0 Å². The van der Waals surface area contributed by atoms with Gasteiger partial charge in [-0.3, -0.25) is 0 Å². The molecule has 1 saturated carbocycles. The van der Waals surface area contributed by atoms with Crippen LogP contribution in [-0.2, 0) is 0 Å². The second-order valence-corrected chi connectivity index (χ2v) is 4.97. The number of nitrogens with two attached hydrogens (primary N) is 1. The van der Waals surface area contributed by atoms with Gasteiger partial charge in [0.25, 0.3) is 0 Å². The maximum atomic E-state index is 10.2. The van der Waals surface area contributed by atoms with Gasteiger partial charge in [0.15, 0.2) is 0 Å². The predicted octanol–water partition coefficient (Wildman–Crippen LogP) is 1.99. The van der Waals surface area contributed by atoms with Crippen molar-refractivity contribution in [1.29, 1.82) is 0 Å². The first kappa shape index (κ1) is 11.7. The molecule has 1 aromatic rings. The number of rotatable bonds is 3. The van der Waals surface area contributed by atoms with Crippen molar-refractivity contribution < 1.29 is 5.11 Å². The van der Waals surface area contributed by atoms with Crippen molar-refractivity contribution in [2.75, 3.05) is 11.9 Å². The third kappa shape index (κ3) is 2.67. The number of hydrogen-bond donors (Lipinski definition) is 3. The fraction of sp³-hybridized carbons (Fsp3) is 0.500. The van der Waals surface area contributed by atoms with Crippen LogP contribution < -0.4 is 11.1 Å². The molecule has 1 aliphatic rings. The van der Waals surface area contributed by atoms with E-state index in [9.17, 15) is 5.11 Å². The molecule has 1 aliphatic carbocycles. The van der Waals surface area contributed by atoms with Crippen LogP contribution in [0, 0.1) is 0 Å². The second-order valence-electron chi connectivity index (χ2n) is 4.56. The summed E-state index contributed by atoms with van der Waals surface area (Å²) >= 11 is 6.01. The van der Waals surface area contributed by atoms with Crippen molar-refractivity contribution in [2.24, 2.45) is 5.73 Å². The molecule has 3 nitrogen and oxygen atoms in total. The van der Waals surface area contributed by atoms with E-state index in [1.165, 1.54) is 0 Å². The van der Waals surface area contributed by atoms with Gasteiger partial charge >= 0.3 is 0 Å². The highest BCUT2D eigenvalue weighted by Crippen LogP contribution is 2.30. The average Bonchev–Trinajstić information content (AvgIpc) is 2.58. The molecule has 1 fully saturated rings. The molecule has 0 amide bonds. The minimum atomic E-state index is -0.682. The molecule has 2 rings (SSSR count). The van der Waals surface area contributed by atoms with Gasteiger partial charge in [-0.15, -0.1) is 0 Å². The molecule has 2 unspecified atom stereocenters. The third-order valence-electron chi connectivity index (χ3n) is 3.10. The minimum absolute atomic E-state index is 0.123. The van der Waals surface area contributed by atoms with Gasteiger partial charge in [-0.1, -0.05) is 23.7 Å². The summed E-state index contributed by atoms with van der Waals surface area (Å²) in [4.78, 5) is 0. The number of anilines is 1. The van der Waals surface area contributed by atoms with Crippen LogP contribution in [-0.4, -0.2) is 23.3 Å². The number of aliphatic hydroxyl groups is 1. The van der Waals surface area contributed by atoms with E-state index in [0.717, 1.165) is 18.5 Å². The molecule has 0 aromatic heterocycles. The van der Waals surface area contributed by atoms with Crippen LogP contribution in [0.1, 0.15) is 19.3 Å². The highest BCUT2D eigenvalue weighted by molar-refractivity contribution is 6.33. The minimum Gasteiger partial charge on any atom is -0.388 e. The van der Waals surface area contributed by atoms with Crippen LogP contribution in [0.3, 0.4) is 0 Å². The first-order valence-electron chi connectivity index (χ1n) is 5.55. The van der Waals surface area contributed by atoms with Gasteiger partial charge in [-0.25, -0.2) is 0 Å². The summed E-state index contributed by atoms with van der Waals surface area (Å²) in [5, 5.41) is 14.1. The van der Waals surface area contributed by atoms with Gasteiger partial charge in [-0.05, 0) is 31.4 Å². The van der Waals surface area contributed by atoms with Crippen molar-refractivity contribution >= 4 is 17.3 Å². The predicted molar refractivity (Wildman–Crippen MR) is 66.7 cm³/mol. The summed E-state index contributed by atoms with van der Waals surface area (Å²) in [5.41, 5.74) is 5.97. The molecule has 0 bridgehead atoms. The number of hydrogen-bond acceptors (Lipinski definition) is 3. The Labute approximate surface area is 101 Å².